The number of rotatable bonds is 7. The fraction of sp³-hybridized carbons (Fsp3) is 0.655. The number of nitrogens with zero attached hydrogens (tertiary/aromatic N) is 3. The SMILES string of the molecule is COc1nc(C)cc(C)c1CN1CCc2sc([C@@H](C)C3CCC(N4CC(OC)C4)CC3)c(C)c2C1=O. The highest BCUT2D eigenvalue weighted by atomic mass is 32.1. The number of carbonyl (C=O) groups excluding carboxylic acids is 1. The van der Waals surface area contributed by atoms with E-state index in [4.69, 9.17) is 9.47 Å². The summed E-state index contributed by atoms with van der Waals surface area (Å²) < 4.78 is 11.0. The first-order chi connectivity index (χ1) is 17.3. The van der Waals surface area contributed by atoms with Crippen LogP contribution in [0, 0.1) is 26.7 Å². The van der Waals surface area contributed by atoms with Gasteiger partial charge in [-0.05, 0) is 75.5 Å². The molecule has 2 aromatic rings. The van der Waals surface area contributed by atoms with Crippen LogP contribution in [0.1, 0.15) is 81.0 Å². The number of aromatic nitrogens is 1. The molecule has 0 bridgehead atoms. The lowest BCUT2D eigenvalue weighted by Gasteiger charge is -2.46. The van der Waals surface area contributed by atoms with Gasteiger partial charge in [-0.2, -0.15) is 0 Å². The number of thiophene rings is 1. The maximum Gasteiger partial charge on any atom is 0.255 e. The van der Waals surface area contributed by atoms with E-state index < -0.39 is 0 Å². The average Bonchev–Trinajstić information content (AvgIpc) is 3.18. The van der Waals surface area contributed by atoms with Crippen LogP contribution in [0.5, 0.6) is 5.88 Å². The Hall–Kier alpha value is -1.96. The summed E-state index contributed by atoms with van der Waals surface area (Å²) in [5.41, 5.74) is 5.25. The van der Waals surface area contributed by atoms with Gasteiger partial charge >= 0.3 is 0 Å². The van der Waals surface area contributed by atoms with Crippen molar-refractivity contribution < 1.29 is 14.3 Å². The van der Waals surface area contributed by atoms with Gasteiger partial charge in [0, 0.05) is 60.2 Å². The largest absolute Gasteiger partial charge is 0.481 e. The van der Waals surface area contributed by atoms with Gasteiger partial charge in [0.1, 0.15) is 0 Å². The van der Waals surface area contributed by atoms with E-state index >= 15 is 0 Å². The lowest BCUT2D eigenvalue weighted by atomic mass is 9.76. The van der Waals surface area contributed by atoms with Crippen LogP contribution in [0.25, 0.3) is 0 Å². The van der Waals surface area contributed by atoms with Gasteiger partial charge in [-0.3, -0.25) is 9.69 Å². The minimum Gasteiger partial charge on any atom is -0.481 e. The van der Waals surface area contributed by atoms with Crippen LogP contribution in [0.4, 0.5) is 0 Å². The Balaban J connectivity index is 1.27. The first-order valence-electron chi connectivity index (χ1n) is 13.5. The molecule has 1 aliphatic carbocycles. The maximum absolute atomic E-state index is 13.7. The summed E-state index contributed by atoms with van der Waals surface area (Å²) in [6, 6.07) is 2.80. The number of aryl methyl sites for hydroxylation is 2. The molecule has 3 aliphatic rings. The molecule has 0 spiro atoms. The van der Waals surface area contributed by atoms with Gasteiger partial charge in [-0.25, -0.2) is 4.98 Å². The van der Waals surface area contributed by atoms with Crippen molar-refractivity contribution in [2.45, 2.75) is 84.4 Å². The number of likely N-dealkylation sites (tertiary alicyclic amines) is 1. The third-order valence-electron chi connectivity index (χ3n) is 8.93. The first kappa shape index (κ1) is 25.7. The van der Waals surface area contributed by atoms with Crippen LogP contribution in [0.2, 0.25) is 0 Å². The van der Waals surface area contributed by atoms with Crippen LogP contribution in [0.3, 0.4) is 0 Å². The summed E-state index contributed by atoms with van der Waals surface area (Å²) >= 11 is 1.90. The third kappa shape index (κ3) is 4.70. The zero-order valence-electron chi connectivity index (χ0n) is 22.7. The standard InChI is InChI=1S/C29H41N3O3S/c1-17-13-18(2)30-28(35-6)24(17)16-31-12-11-25-26(29(31)33)20(4)27(36-25)19(3)21-7-9-22(10-8-21)32-14-23(15-32)34-5/h13,19,21-23H,7-12,14-16H2,1-6H3/t19-,21?,22?/m0/s1. The average molecular weight is 512 g/mol. The summed E-state index contributed by atoms with van der Waals surface area (Å²) in [5, 5.41) is 0. The molecule has 0 unspecified atom stereocenters. The quantitative estimate of drug-likeness (QED) is 0.507. The number of hydrogen-bond donors (Lipinski definition) is 0. The zero-order valence-corrected chi connectivity index (χ0v) is 23.5. The molecule has 6 nitrogen and oxygen atoms in total. The van der Waals surface area contributed by atoms with Crippen molar-refractivity contribution in [3.8, 4) is 5.88 Å². The Kier molecular flexibility index (Phi) is 7.44. The summed E-state index contributed by atoms with van der Waals surface area (Å²) in [7, 11) is 3.48. The molecule has 1 atom stereocenters. The second kappa shape index (κ2) is 10.4. The van der Waals surface area contributed by atoms with Crippen LogP contribution in [-0.2, 0) is 17.7 Å². The number of amides is 1. The molecule has 0 radical (unpaired) electrons. The zero-order chi connectivity index (χ0) is 25.6. The van der Waals surface area contributed by atoms with Crippen molar-refractivity contribution in [2.24, 2.45) is 5.92 Å². The molecule has 196 valence electrons. The highest BCUT2D eigenvalue weighted by molar-refractivity contribution is 7.12. The van der Waals surface area contributed by atoms with Gasteiger partial charge < -0.3 is 14.4 Å². The Morgan fingerprint density at radius 3 is 2.53 bits per heavy atom. The van der Waals surface area contributed by atoms with Gasteiger partial charge in [-0.15, -0.1) is 11.3 Å². The summed E-state index contributed by atoms with van der Waals surface area (Å²) in [6.07, 6.45) is 6.50. The van der Waals surface area contributed by atoms with E-state index in [2.05, 4.69) is 36.7 Å². The molecule has 0 aromatic carbocycles. The van der Waals surface area contributed by atoms with Gasteiger partial charge in [0.25, 0.3) is 5.91 Å². The smallest absolute Gasteiger partial charge is 0.255 e. The molecule has 7 heteroatoms. The molecule has 0 N–H and O–H groups in total. The van der Waals surface area contributed by atoms with Crippen LogP contribution in [-0.4, -0.2) is 66.7 Å². The maximum atomic E-state index is 13.7. The van der Waals surface area contributed by atoms with E-state index in [0.29, 0.717) is 30.4 Å². The van der Waals surface area contributed by atoms with Crippen molar-refractivity contribution in [3.05, 3.63) is 43.8 Å². The van der Waals surface area contributed by atoms with Crippen LogP contribution >= 0.6 is 11.3 Å². The second-order valence-electron chi connectivity index (χ2n) is 11.1. The molecular weight excluding hydrogens is 470 g/mol. The molecule has 4 heterocycles. The summed E-state index contributed by atoms with van der Waals surface area (Å²) in [5.74, 6) is 2.01. The summed E-state index contributed by atoms with van der Waals surface area (Å²) in [6.45, 7) is 12.1. The van der Waals surface area contributed by atoms with Crippen molar-refractivity contribution in [3.63, 3.8) is 0 Å². The molecule has 2 aliphatic heterocycles. The fourth-order valence-corrected chi connectivity index (χ4v) is 8.04. The highest BCUT2D eigenvalue weighted by Crippen LogP contribution is 2.44. The van der Waals surface area contributed by atoms with Crippen molar-refractivity contribution >= 4 is 17.2 Å². The van der Waals surface area contributed by atoms with E-state index in [9.17, 15) is 4.79 Å². The monoisotopic (exact) mass is 511 g/mol. The minimum absolute atomic E-state index is 0.166. The number of ether oxygens (including phenoxy) is 2. The second-order valence-corrected chi connectivity index (χ2v) is 12.2. The third-order valence-corrected chi connectivity index (χ3v) is 10.5. The van der Waals surface area contributed by atoms with Gasteiger partial charge in [0.15, 0.2) is 0 Å². The normalized spacial score (nSPS) is 23.9. The molecule has 2 fully saturated rings. The Labute approximate surface area is 220 Å². The summed E-state index contributed by atoms with van der Waals surface area (Å²) in [4.78, 5) is 25.6. The number of hydrogen-bond acceptors (Lipinski definition) is 6. The molecule has 2 aromatic heterocycles. The molecule has 1 saturated carbocycles. The van der Waals surface area contributed by atoms with Gasteiger partial charge in [-0.1, -0.05) is 6.92 Å². The predicted octanol–water partition coefficient (Wildman–Crippen LogP) is 5.27. The van der Waals surface area contributed by atoms with Crippen molar-refractivity contribution in [1.29, 1.82) is 0 Å². The van der Waals surface area contributed by atoms with E-state index in [0.717, 1.165) is 54.5 Å². The van der Waals surface area contributed by atoms with Crippen LogP contribution in [0.15, 0.2) is 6.07 Å². The van der Waals surface area contributed by atoms with E-state index in [1.54, 1.807) is 7.11 Å². The Morgan fingerprint density at radius 1 is 1.14 bits per heavy atom. The number of methoxy groups -OCH3 is 2. The Morgan fingerprint density at radius 2 is 1.86 bits per heavy atom. The van der Waals surface area contributed by atoms with Gasteiger partial charge in [0.2, 0.25) is 5.88 Å². The lowest BCUT2D eigenvalue weighted by Crippen LogP contribution is -2.56. The minimum atomic E-state index is 0.166. The van der Waals surface area contributed by atoms with E-state index in [1.165, 1.54) is 41.0 Å². The predicted molar refractivity (Wildman–Crippen MR) is 144 cm³/mol. The fourth-order valence-electron chi connectivity index (χ4n) is 6.61. The molecular formula is C29H41N3O3S. The molecule has 1 amide bonds. The Bertz CT molecular complexity index is 1120. The number of carbonyl (C=O) groups is 1. The number of pyridine rings is 1. The molecule has 36 heavy (non-hydrogen) atoms. The van der Waals surface area contributed by atoms with Crippen molar-refractivity contribution in [1.82, 2.24) is 14.8 Å². The van der Waals surface area contributed by atoms with Crippen molar-refractivity contribution in [2.75, 3.05) is 33.9 Å². The number of fused-ring (bicyclic) bond motifs is 1. The van der Waals surface area contributed by atoms with Gasteiger partial charge in [0.05, 0.1) is 25.3 Å². The van der Waals surface area contributed by atoms with Crippen LogP contribution < -0.4 is 4.74 Å². The molecule has 1 saturated heterocycles. The molecule has 5 rings (SSSR count). The van der Waals surface area contributed by atoms with E-state index in [-0.39, 0.29) is 5.91 Å². The highest BCUT2D eigenvalue weighted by Gasteiger charge is 2.37. The lowest BCUT2D eigenvalue weighted by molar-refractivity contribution is -0.0600. The first-order valence-corrected chi connectivity index (χ1v) is 14.3. The topological polar surface area (TPSA) is 54.9 Å². The van der Waals surface area contributed by atoms with E-state index in [1.807, 2.05) is 30.3 Å².